The van der Waals surface area contributed by atoms with E-state index in [2.05, 4.69) is 12.7 Å². The highest BCUT2D eigenvalue weighted by Gasteiger charge is 1.93. The molecule has 0 fully saturated rings. The van der Waals surface area contributed by atoms with E-state index < -0.39 is 0 Å². The number of rotatable bonds is 9. The number of hydrogen-bond donors (Lipinski definition) is 1. The van der Waals surface area contributed by atoms with Crippen LogP contribution in [0.15, 0.2) is 67.3 Å². The molecule has 0 amide bonds. The molecule has 2 nitrogen and oxygen atoms in total. The van der Waals surface area contributed by atoms with E-state index in [1.807, 2.05) is 54.6 Å². The molecule has 1 rings (SSSR count). The third-order valence-corrected chi connectivity index (χ3v) is 2.62. The van der Waals surface area contributed by atoms with Crippen molar-refractivity contribution >= 4 is 6.08 Å². The normalized spacial score (nSPS) is 11.7. The average molecular weight is 269 g/mol. The fraction of sp³-hybridized carbons (Fsp3) is 0.222. The minimum Gasteiger partial charge on any atom is -0.494 e. The Labute approximate surface area is 122 Å². The van der Waals surface area contributed by atoms with Crippen LogP contribution in [0.5, 0.6) is 5.75 Å². The van der Waals surface area contributed by atoms with Crippen molar-refractivity contribution in [1.29, 1.82) is 0 Å². The van der Waals surface area contributed by atoms with Crippen LogP contribution in [-0.2, 0) is 0 Å². The van der Waals surface area contributed by atoms with Crippen molar-refractivity contribution in [2.24, 2.45) is 5.73 Å². The molecule has 0 unspecified atom stereocenters. The Balaban J connectivity index is 2.38. The van der Waals surface area contributed by atoms with Gasteiger partial charge in [-0.3, -0.25) is 0 Å². The number of benzene rings is 1. The van der Waals surface area contributed by atoms with Gasteiger partial charge in [0.15, 0.2) is 0 Å². The third-order valence-electron chi connectivity index (χ3n) is 2.62. The van der Waals surface area contributed by atoms with Crippen molar-refractivity contribution in [3.63, 3.8) is 0 Å². The Hall–Kier alpha value is -2.06. The predicted molar refractivity (Wildman–Crippen MR) is 87.7 cm³/mol. The summed E-state index contributed by atoms with van der Waals surface area (Å²) in [5.74, 6) is 0.906. The predicted octanol–water partition coefficient (Wildman–Crippen LogP) is 4.12. The van der Waals surface area contributed by atoms with E-state index in [0.717, 1.165) is 37.3 Å². The van der Waals surface area contributed by atoms with Gasteiger partial charge >= 0.3 is 0 Å². The van der Waals surface area contributed by atoms with Gasteiger partial charge in [0.25, 0.3) is 0 Å². The van der Waals surface area contributed by atoms with E-state index in [0.29, 0.717) is 0 Å². The highest BCUT2D eigenvalue weighted by atomic mass is 16.5. The molecule has 0 aliphatic heterocycles. The van der Waals surface area contributed by atoms with Gasteiger partial charge in [0, 0.05) is 0 Å². The molecular weight excluding hydrogens is 246 g/mol. The van der Waals surface area contributed by atoms with Gasteiger partial charge in [-0.15, -0.1) is 0 Å². The highest BCUT2D eigenvalue weighted by molar-refractivity contribution is 5.52. The molecule has 106 valence electrons. The van der Waals surface area contributed by atoms with Crippen LogP contribution in [0.4, 0.5) is 0 Å². The number of allylic oxidation sites excluding steroid dienone is 6. The Bertz CT molecular complexity index is 455. The molecule has 0 aliphatic carbocycles. The molecule has 20 heavy (non-hydrogen) atoms. The Morgan fingerprint density at radius 2 is 1.65 bits per heavy atom. The summed E-state index contributed by atoms with van der Waals surface area (Å²) in [6.45, 7) is 5.06. The van der Waals surface area contributed by atoms with E-state index >= 15 is 0 Å². The first-order valence-electron chi connectivity index (χ1n) is 6.92. The van der Waals surface area contributed by atoms with Crippen molar-refractivity contribution in [2.75, 3.05) is 13.2 Å². The maximum Gasteiger partial charge on any atom is 0.119 e. The first-order chi connectivity index (χ1) is 9.86. The molecule has 0 spiro atoms. The van der Waals surface area contributed by atoms with Gasteiger partial charge in [-0.05, 0) is 37.1 Å². The quantitative estimate of drug-likeness (QED) is 0.540. The number of hydrogen-bond acceptors (Lipinski definition) is 2. The van der Waals surface area contributed by atoms with E-state index in [9.17, 15) is 0 Å². The van der Waals surface area contributed by atoms with Gasteiger partial charge in [0.05, 0.1) is 6.61 Å². The van der Waals surface area contributed by atoms with Gasteiger partial charge in [0.1, 0.15) is 5.75 Å². The van der Waals surface area contributed by atoms with Crippen LogP contribution in [-0.4, -0.2) is 13.2 Å². The summed E-state index contributed by atoms with van der Waals surface area (Å²) < 4.78 is 5.62. The summed E-state index contributed by atoms with van der Waals surface area (Å²) in [4.78, 5) is 0. The monoisotopic (exact) mass is 269 g/mol. The van der Waals surface area contributed by atoms with E-state index in [1.165, 1.54) is 0 Å². The van der Waals surface area contributed by atoms with Crippen molar-refractivity contribution in [3.05, 3.63) is 72.9 Å². The fourth-order valence-electron chi connectivity index (χ4n) is 1.55. The lowest BCUT2D eigenvalue weighted by Gasteiger charge is -2.05. The van der Waals surface area contributed by atoms with Crippen LogP contribution >= 0.6 is 0 Å². The SMILES string of the molecule is C=C\C=C/C=C/C=C/c1ccc(OCCCCN)cc1. The van der Waals surface area contributed by atoms with Gasteiger partial charge in [-0.2, -0.15) is 0 Å². The second kappa shape index (κ2) is 10.8. The zero-order chi connectivity index (χ0) is 14.5. The van der Waals surface area contributed by atoms with Crippen molar-refractivity contribution in [2.45, 2.75) is 12.8 Å². The summed E-state index contributed by atoms with van der Waals surface area (Å²) in [5.41, 5.74) is 6.58. The zero-order valence-corrected chi connectivity index (χ0v) is 11.9. The summed E-state index contributed by atoms with van der Waals surface area (Å²) in [7, 11) is 0. The molecule has 1 aromatic rings. The minimum atomic E-state index is 0.725. The van der Waals surface area contributed by atoms with Crippen molar-refractivity contribution < 1.29 is 4.74 Å². The Morgan fingerprint density at radius 3 is 2.35 bits per heavy atom. The van der Waals surface area contributed by atoms with Gasteiger partial charge < -0.3 is 10.5 Å². The van der Waals surface area contributed by atoms with Crippen LogP contribution in [0, 0.1) is 0 Å². The van der Waals surface area contributed by atoms with E-state index in [-0.39, 0.29) is 0 Å². The molecule has 0 atom stereocenters. The Morgan fingerprint density at radius 1 is 0.950 bits per heavy atom. The lowest BCUT2D eigenvalue weighted by Crippen LogP contribution is -2.03. The van der Waals surface area contributed by atoms with Gasteiger partial charge in [-0.25, -0.2) is 0 Å². The van der Waals surface area contributed by atoms with Crippen LogP contribution in [0.1, 0.15) is 18.4 Å². The minimum absolute atomic E-state index is 0.725. The van der Waals surface area contributed by atoms with Crippen LogP contribution in [0.2, 0.25) is 0 Å². The zero-order valence-electron chi connectivity index (χ0n) is 11.9. The second-order valence-corrected chi connectivity index (χ2v) is 4.28. The molecule has 1 aromatic carbocycles. The van der Waals surface area contributed by atoms with E-state index in [4.69, 9.17) is 10.5 Å². The number of nitrogens with two attached hydrogens (primary N) is 1. The summed E-state index contributed by atoms with van der Waals surface area (Å²) in [6.07, 6.45) is 15.6. The van der Waals surface area contributed by atoms with Crippen LogP contribution < -0.4 is 10.5 Å². The molecule has 2 heteroatoms. The molecule has 0 heterocycles. The summed E-state index contributed by atoms with van der Waals surface area (Å²) in [5, 5.41) is 0. The first kappa shape index (κ1) is 16.0. The van der Waals surface area contributed by atoms with E-state index in [1.54, 1.807) is 6.08 Å². The van der Waals surface area contributed by atoms with Gasteiger partial charge in [-0.1, -0.05) is 61.2 Å². The molecule has 0 saturated heterocycles. The molecule has 2 N–H and O–H groups in total. The molecule has 0 radical (unpaired) electrons. The maximum atomic E-state index is 5.62. The van der Waals surface area contributed by atoms with Crippen LogP contribution in [0.3, 0.4) is 0 Å². The van der Waals surface area contributed by atoms with Crippen molar-refractivity contribution in [3.8, 4) is 5.75 Å². The second-order valence-electron chi connectivity index (χ2n) is 4.28. The molecular formula is C18H23NO. The summed E-state index contributed by atoms with van der Waals surface area (Å²) >= 11 is 0. The topological polar surface area (TPSA) is 35.2 Å². The van der Waals surface area contributed by atoms with Crippen LogP contribution in [0.25, 0.3) is 6.08 Å². The fourth-order valence-corrected chi connectivity index (χ4v) is 1.55. The largest absolute Gasteiger partial charge is 0.494 e. The number of ether oxygens (including phenoxy) is 1. The maximum absolute atomic E-state index is 5.62. The lowest BCUT2D eigenvalue weighted by molar-refractivity contribution is 0.308. The Kier molecular flexibility index (Phi) is 8.66. The lowest BCUT2D eigenvalue weighted by atomic mass is 10.2. The van der Waals surface area contributed by atoms with Gasteiger partial charge in [0.2, 0.25) is 0 Å². The average Bonchev–Trinajstić information content (AvgIpc) is 2.49. The molecule has 0 saturated carbocycles. The highest BCUT2D eigenvalue weighted by Crippen LogP contribution is 2.13. The smallest absolute Gasteiger partial charge is 0.119 e. The van der Waals surface area contributed by atoms with Crippen molar-refractivity contribution in [1.82, 2.24) is 0 Å². The molecule has 0 aliphatic rings. The molecule has 0 bridgehead atoms. The standard InChI is InChI=1S/C18H23NO/c1-2-3-4-5-6-7-10-17-11-13-18(14-12-17)20-16-9-8-15-19/h2-7,10-14H,1,8-9,15-16,19H2/b4-3-,6-5+,10-7+. The first-order valence-corrected chi connectivity index (χ1v) is 6.92. The number of unbranched alkanes of at least 4 members (excludes halogenated alkanes) is 1. The summed E-state index contributed by atoms with van der Waals surface area (Å²) in [6, 6.07) is 8.07. The third kappa shape index (κ3) is 7.39. The molecule has 0 aromatic heterocycles.